The van der Waals surface area contributed by atoms with Crippen LogP contribution in [-0.4, -0.2) is 22.6 Å². The summed E-state index contributed by atoms with van der Waals surface area (Å²) in [5.74, 6) is 1.79. The van der Waals surface area contributed by atoms with E-state index in [2.05, 4.69) is 46.9 Å². The Balaban J connectivity index is 1.68. The maximum Gasteiger partial charge on any atom is 0.282 e. The maximum absolute atomic E-state index is 12.7. The monoisotopic (exact) mass is 381 g/mol. The van der Waals surface area contributed by atoms with Crippen LogP contribution in [0.2, 0.25) is 5.02 Å². The summed E-state index contributed by atoms with van der Waals surface area (Å²) >= 11 is 6.35. The van der Waals surface area contributed by atoms with Gasteiger partial charge >= 0.3 is 0 Å². The van der Waals surface area contributed by atoms with E-state index in [0.717, 1.165) is 24.4 Å². The normalized spacial score (nSPS) is 26.7. The number of piperidine rings is 1. The largest absolute Gasteiger partial charge is 0.321 e. The van der Waals surface area contributed by atoms with Crippen molar-refractivity contribution in [2.75, 3.05) is 13.1 Å². The number of aromatic nitrogens is 2. The Morgan fingerprint density at radius 2 is 2.04 bits per heavy atom. The van der Waals surface area contributed by atoms with Gasteiger partial charge in [0.05, 0.1) is 22.0 Å². The Kier molecular flexibility index (Phi) is 3.85. The first-order chi connectivity index (χ1) is 13.0. The number of hydrogen-bond donors (Lipinski definition) is 1. The van der Waals surface area contributed by atoms with Gasteiger partial charge in [0.15, 0.2) is 0 Å². The van der Waals surface area contributed by atoms with Crippen LogP contribution in [0.4, 0.5) is 0 Å². The lowest BCUT2D eigenvalue weighted by molar-refractivity contribution is 0.364. The summed E-state index contributed by atoms with van der Waals surface area (Å²) in [7, 11) is 0. The quantitative estimate of drug-likeness (QED) is 0.812. The van der Waals surface area contributed by atoms with Crippen LogP contribution in [0.1, 0.15) is 38.6 Å². The second-order valence-corrected chi connectivity index (χ2v) is 8.94. The van der Waals surface area contributed by atoms with Crippen LogP contribution in [0, 0.1) is 11.8 Å². The fourth-order valence-corrected chi connectivity index (χ4v) is 5.40. The first kappa shape index (κ1) is 17.2. The first-order valence-corrected chi connectivity index (χ1v) is 10.2. The predicted octanol–water partition coefficient (Wildman–Crippen LogP) is 3.99. The van der Waals surface area contributed by atoms with E-state index < -0.39 is 0 Å². The zero-order chi connectivity index (χ0) is 18.8. The molecule has 0 saturated carbocycles. The number of halogens is 1. The highest BCUT2D eigenvalue weighted by Crippen LogP contribution is 2.50. The Bertz CT molecular complexity index is 1040. The highest BCUT2D eigenvalue weighted by molar-refractivity contribution is 6.35. The van der Waals surface area contributed by atoms with Crippen LogP contribution >= 0.6 is 11.6 Å². The van der Waals surface area contributed by atoms with Crippen molar-refractivity contribution in [2.45, 2.75) is 38.1 Å². The first-order valence-electron chi connectivity index (χ1n) is 9.80. The molecule has 5 rings (SSSR count). The number of rotatable bonds is 1. The second-order valence-electron chi connectivity index (χ2n) is 8.53. The number of allylic oxidation sites excluding steroid dienone is 4. The standard InChI is InChI=1S/C22H24ClN3O/c1-22(2)15-12-14(13-8-10-24-11-9-13)6-7-17(15)26-18-5-3-4-16(23)19(18)20(27)25-21(22)26/h3-7,12-13,15,17,24H,8-11H2,1-2H3. The minimum atomic E-state index is -0.222. The van der Waals surface area contributed by atoms with Crippen molar-refractivity contribution in [3.63, 3.8) is 0 Å². The SMILES string of the molecule is CC1(C)c2nc(=O)c3c(Cl)cccc3n2C2C=CC(C3CCNCC3)=CC21. The minimum Gasteiger partial charge on any atom is -0.321 e. The highest BCUT2D eigenvalue weighted by atomic mass is 35.5. The van der Waals surface area contributed by atoms with Gasteiger partial charge in [0, 0.05) is 11.3 Å². The van der Waals surface area contributed by atoms with Crippen molar-refractivity contribution < 1.29 is 0 Å². The topological polar surface area (TPSA) is 46.9 Å². The molecule has 2 aromatic rings. The van der Waals surface area contributed by atoms with Gasteiger partial charge in [-0.05, 0) is 49.6 Å². The van der Waals surface area contributed by atoms with E-state index in [1.807, 2.05) is 12.1 Å². The molecule has 4 nitrogen and oxygen atoms in total. The number of benzene rings is 1. The Morgan fingerprint density at radius 1 is 1.26 bits per heavy atom. The Hall–Kier alpha value is -1.91. The summed E-state index contributed by atoms with van der Waals surface area (Å²) in [6.45, 7) is 6.60. The third kappa shape index (κ3) is 2.46. The van der Waals surface area contributed by atoms with Gasteiger partial charge in [0.1, 0.15) is 5.82 Å². The van der Waals surface area contributed by atoms with Crippen molar-refractivity contribution >= 4 is 22.5 Å². The van der Waals surface area contributed by atoms with Crippen molar-refractivity contribution in [3.8, 4) is 0 Å². The molecule has 2 atom stereocenters. The molecule has 140 valence electrons. The van der Waals surface area contributed by atoms with Gasteiger partial charge in [0.2, 0.25) is 0 Å². The van der Waals surface area contributed by atoms with Gasteiger partial charge in [-0.15, -0.1) is 0 Å². The molecule has 3 heterocycles. The Labute approximate surface area is 163 Å². The lowest BCUT2D eigenvalue weighted by Crippen LogP contribution is -2.31. The van der Waals surface area contributed by atoms with Crippen molar-refractivity contribution in [2.24, 2.45) is 11.8 Å². The van der Waals surface area contributed by atoms with Crippen LogP contribution in [-0.2, 0) is 5.41 Å². The molecule has 0 bridgehead atoms. The van der Waals surface area contributed by atoms with Crippen molar-refractivity contribution in [3.05, 3.63) is 63.2 Å². The molecule has 1 aromatic heterocycles. The average molecular weight is 382 g/mol. The fourth-order valence-electron chi connectivity index (χ4n) is 5.15. The molecule has 0 radical (unpaired) electrons. The summed E-state index contributed by atoms with van der Waals surface area (Å²) in [6, 6.07) is 5.85. The van der Waals surface area contributed by atoms with Crippen LogP contribution in [0.25, 0.3) is 10.9 Å². The summed E-state index contributed by atoms with van der Waals surface area (Å²) < 4.78 is 2.24. The van der Waals surface area contributed by atoms with Gasteiger partial charge in [-0.2, -0.15) is 4.98 Å². The van der Waals surface area contributed by atoms with E-state index in [0.29, 0.717) is 22.2 Å². The van der Waals surface area contributed by atoms with Gasteiger partial charge < -0.3 is 9.88 Å². The van der Waals surface area contributed by atoms with E-state index in [1.54, 1.807) is 6.07 Å². The summed E-state index contributed by atoms with van der Waals surface area (Å²) in [6.07, 6.45) is 9.45. The Morgan fingerprint density at radius 3 is 2.81 bits per heavy atom. The molecular formula is C22H24ClN3O. The molecule has 5 heteroatoms. The van der Waals surface area contributed by atoms with Crippen molar-refractivity contribution in [1.82, 2.24) is 14.9 Å². The molecule has 0 spiro atoms. The van der Waals surface area contributed by atoms with Crippen LogP contribution in [0.5, 0.6) is 0 Å². The van der Waals surface area contributed by atoms with E-state index in [4.69, 9.17) is 11.6 Å². The number of hydrogen-bond acceptors (Lipinski definition) is 3. The highest BCUT2D eigenvalue weighted by Gasteiger charge is 2.47. The van der Waals surface area contributed by atoms with Crippen LogP contribution < -0.4 is 10.9 Å². The third-order valence-electron chi connectivity index (χ3n) is 6.64. The summed E-state index contributed by atoms with van der Waals surface area (Å²) in [5, 5.41) is 4.46. The minimum absolute atomic E-state index is 0.175. The van der Waals surface area contributed by atoms with Crippen LogP contribution in [0.3, 0.4) is 0 Å². The summed E-state index contributed by atoms with van der Waals surface area (Å²) in [4.78, 5) is 17.2. The molecule has 1 N–H and O–H groups in total. The molecule has 1 aliphatic carbocycles. The van der Waals surface area contributed by atoms with E-state index in [-0.39, 0.29) is 17.0 Å². The van der Waals surface area contributed by atoms with Gasteiger partial charge in [-0.1, -0.05) is 49.7 Å². The molecule has 3 aliphatic rings. The molecule has 2 unspecified atom stereocenters. The maximum atomic E-state index is 12.7. The molecule has 1 aromatic carbocycles. The van der Waals surface area contributed by atoms with E-state index in [1.165, 1.54) is 18.4 Å². The molecule has 27 heavy (non-hydrogen) atoms. The number of nitrogens with one attached hydrogen (secondary N) is 1. The third-order valence-corrected chi connectivity index (χ3v) is 6.96. The molecule has 1 saturated heterocycles. The van der Waals surface area contributed by atoms with Gasteiger partial charge in [-0.25, -0.2) is 0 Å². The zero-order valence-corrected chi connectivity index (χ0v) is 16.5. The number of fused-ring (bicyclic) bond motifs is 5. The van der Waals surface area contributed by atoms with Gasteiger partial charge in [0.25, 0.3) is 5.56 Å². The predicted molar refractivity (Wildman–Crippen MR) is 109 cm³/mol. The van der Waals surface area contributed by atoms with Crippen molar-refractivity contribution in [1.29, 1.82) is 0 Å². The van der Waals surface area contributed by atoms with Gasteiger partial charge in [-0.3, -0.25) is 4.79 Å². The zero-order valence-electron chi connectivity index (χ0n) is 15.7. The molecule has 1 fully saturated rings. The fraction of sp³-hybridized carbons (Fsp3) is 0.455. The van der Waals surface area contributed by atoms with E-state index >= 15 is 0 Å². The second kappa shape index (κ2) is 6.05. The van der Waals surface area contributed by atoms with Crippen LogP contribution in [0.15, 0.2) is 46.8 Å². The number of nitrogens with zero attached hydrogens (tertiary/aromatic N) is 2. The average Bonchev–Trinajstić information content (AvgIpc) is 2.90. The molecular weight excluding hydrogens is 358 g/mol. The lowest BCUT2D eigenvalue weighted by Gasteiger charge is -2.32. The van der Waals surface area contributed by atoms with E-state index in [9.17, 15) is 4.79 Å². The molecule has 2 aliphatic heterocycles. The lowest BCUT2D eigenvalue weighted by atomic mass is 9.72. The smallest absolute Gasteiger partial charge is 0.282 e. The summed E-state index contributed by atoms with van der Waals surface area (Å²) in [5.41, 5.74) is 1.91. The molecule has 0 amide bonds.